The molecule has 0 aliphatic heterocycles. The normalized spacial score (nSPS) is 11.6. The lowest BCUT2D eigenvalue weighted by Crippen LogP contribution is -2.38. The van der Waals surface area contributed by atoms with Crippen molar-refractivity contribution in [2.75, 3.05) is 27.4 Å². The summed E-state index contributed by atoms with van der Waals surface area (Å²) in [5.74, 6) is 0.00597. The monoisotopic (exact) mass is 424 g/mol. The third-order valence-electron chi connectivity index (χ3n) is 3.94. The molecule has 29 heavy (non-hydrogen) atoms. The number of rotatable bonds is 10. The molecule has 2 aromatic carbocycles. The molecule has 0 heterocycles. The first-order chi connectivity index (χ1) is 13.9. The molecule has 1 atom stereocenters. The number of hydrogen-bond donors (Lipinski definition) is 2. The molecular weight excluding hydrogens is 404 g/mol. The summed E-state index contributed by atoms with van der Waals surface area (Å²) in [5, 5.41) is 23.3. The van der Waals surface area contributed by atoms with Crippen molar-refractivity contribution in [3.05, 3.63) is 57.1 Å². The van der Waals surface area contributed by atoms with E-state index in [-0.39, 0.29) is 53.1 Å². The molecule has 0 radical (unpaired) electrons. The Kier molecular flexibility index (Phi) is 8.20. The van der Waals surface area contributed by atoms with Crippen molar-refractivity contribution in [2.24, 2.45) is 0 Å². The quantitative estimate of drug-likeness (QED) is 0.444. The van der Waals surface area contributed by atoms with E-state index in [0.29, 0.717) is 12.0 Å². The summed E-state index contributed by atoms with van der Waals surface area (Å²) in [6.07, 6.45) is 0.345. The minimum atomic E-state index is -0.605. The van der Waals surface area contributed by atoms with Crippen molar-refractivity contribution < 1.29 is 29.0 Å². The number of nitro groups is 1. The summed E-state index contributed by atoms with van der Waals surface area (Å²) >= 11 is 5.81. The van der Waals surface area contributed by atoms with Crippen molar-refractivity contribution >= 4 is 23.2 Å². The summed E-state index contributed by atoms with van der Waals surface area (Å²) < 4.78 is 15.9. The highest BCUT2D eigenvalue weighted by atomic mass is 35.5. The molecule has 0 bridgehead atoms. The van der Waals surface area contributed by atoms with Gasteiger partial charge in [0.05, 0.1) is 24.7 Å². The number of halogens is 1. The summed E-state index contributed by atoms with van der Waals surface area (Å²) in [4.78, 5) is 23.1. The van der Waals surface area contributed by atoms with E-state index in [9.17, 15) is 14.9 Å². The van der Waals surface area contributed by atoms with Gasteiger partial charge in [-0.25, -0.2) is 0 Å². The number of methoxy groups -OCH3 is 2. The number of nitrogens with one attached hydrogen (secondary N) is 1. The number of nitrogens with zero attached hydrogens (tertiary/aromatic N) is 1. The molecule has 1 amide bonds. The van der Waals surface area contributed by atoms with Gasteiger partial charge in [0.1, 0.15) is 0 Å². The molecular formula is C19H21ClN2O7. The number of hydrogen-bond acceptors (Lipinski definition) is 7. The first-order valence-corrected chi connectivity index (χ1v) is 8.97. The number of ether oxygens (including phenoxy) is 3. The fourth-order valence-electron chi connectivity index (χ4n) is 2.55. The van der Waals surface area contributed by atoms with Gasteiger partial charge >= 0.3 is 5.69 Å². The number of carbonyl (C=O) groups excluding carboxylic acids is 1. The summed E-state index contributed by atoms with van der Waals surface area (Å²) in [5.41, 5.74) is -0.00775. The Morgan fingerprint density at radius 3 is 2.55 bits per heavy atom. The largest absolute Gasteiger partial charge is 0.493 e. The molecule has 2 aromatic rings. The van der Waals surface area contributed by atoms with Gasteiger partial charge in [-0.2, -0.15) is 0 Å². The minimum absolute atomic E-state index is 0.0157. The van der Waals surface area contributed by atoms with Crippen LogP contribution in [-0.4, -0.2) is 49.4 Å². The fourth-order valence-corrected chi connectivity index (χ4v) is 2.72. The maximum absolute atomic E-state index is 12.5. The second-order valence-electron chi connectivity index (χ2n) is 5.97. The van der Waals surface area contributed by atoms with E-state index in [4.69, 9.17) is 30.9 Å². The predicted octanol–water partition coefficient (Wildman–Crippen LogP) is 3.18. The predicted molar refractivity (Wildman–Crippen MR) is 106 cm³/mol. The van der Waals surface area contributed by atoms with Crippen molar-refractivity contribution in [2.45, 2.75) is 12.5 Å². The van der Waals surface area contributed by atoms with Crippen molar-refractivity contribution in [3.8, 4) is 17.2 Å². The second-order valence-corrected chi connectivity index (χ2v) is 6.41. The zero-order valence-corrected chi connectivity index (χ0v) is 16.6. The van der Waals surface area contributed by atoms with Gasteiger partial charge in [-0.05, 0) is 36.8 Å². The number of aliphatic hydroxyl groups excluding tert-OH is 1. The van der Waals surface area contributed by atoms with E-state index in [1.807, 2.05) is 0 Å². The standard InChI is InChI=1S/C19H21ClN2O7/c1-27-11-14(7-8-23)21-19(24)12-3-5-17(18(9-12)28-2)29-16-6-4-13(20)10-15(16)22(25)26/h3-6,9-10,14,23H,7-8,11H2,1-2H3,(H,21,24). The van der Waals surface area contributed by atoms with Crippen LogP contribution in [0, 0.1) is 10.1 Å². The Morgan fingerprint density at radius 1 is 1.21 bits per heavy atom. The van der Waals surface area contributed by atoms with Gasteiger partial charge < -0.3 is 24.6 Å². The van der Waals surface area contributed by atoms with E-state index in [0.717, 1.165) is 0 Å². The maximum atomic E-state index is 12.5. The summed E-state index contributed by atoms with van der Waals surface area (Å²) in [6.45, 7) is 0.162. The molecule has 156 valence electrons. The molecule has 2 rings (SSSR count). The number of benzene rings is 2. The maximum Gasteiger partial charge on any atom is 0.313 e. The average Bonchev–Trinajstić information content (AvgIpc) is 2.69. The van der Waals surface area contributed by atoms with Crippen molar-refractivity contribution in [1.82, 2.24) is 5.32 Å². The van der Waals surface area contributed by atoms with Crippen LogP contribution in [0.1, 0.15) is 16.8 Å². The number of aliphatic hydroxyl groups is 1. The minimum Gasteiger partial charge on any atom is -0.493 e. The molecule has 2 N–H and O–H groups in total. The number of nitro benzene ring substituents is 1. The van der Waals surface area contributed by atoms with Crippen molar-refractivity contribution in [3.63, 3.8) is 0 Å². The highest BCUT2D eigenvalue weighted by Gasteiger charge is 2.20. The van der Waals surface area contributed by atoms with E-state index < -0.39 is 4.92 Å². The molecule has 0 saturated heterocycles. The van der Waals surface area contributed by atoms with Crippen LogP contribution in [0.15, 0.2) is 36.4 Å². The average molecular weight is 425 g/mol. The summed E-state index contributed by atoms with van der Waals surface area (Å²) in [7, 11) is 2.89. The smallest absolute Gasteiger partial charge is 0.313 e. The number of carbonyl (C=O) groups is 1. The fraction of sp³-hybridized carbons (Fsp3) is 0.316. The highest BCUT2D eigenvalue weighted by Crippen LogP contribution is 2.37. The van der Waals surface area contributed by atoms with Gasteiger partial charge in [-0.1, -0.05) is 11.6 Å². The molecule has 0 aliphatic carbocycles. The lowest BCUT2D eigenvalue weighted by atomic mass is 10.1. The molecule has 0 spiro atoms. The van der Waals surface area contributed by atoms with Crippen molar-refractivity contribution in [1.29, 1.82) is 0 Å². The first kappa shape index (κ1) is 22.4. The molecule has 1 unspecified atom stereocenters. The van der Waals surface area contributed by atoms with Crippen LogP contribution in [0.3, 0.4) is 0 Å². The lowest BCUT2D eigenvalue weighted by molar-refractivity contribution is -0.385. The van der Waals surface area contributed by atoms with Gasteiger partial charge in [0.25, 0.3) is 5.91 Å². The molecule has 0 fully saturated rings. The van der Waals surface area contributed by atoms with Crippen LogP contribution >= 0.6 is 11.6 Å². The van der Waals surface area contributed by atoms with E-state index in [1.165, 1.54) is 50.6 Å². The Balaban J connectivity index is 2.25. The van der Waals surface area contributed by atoms with Crippen LogP contribution in [0.5, 0.6) is 17.2 Å². The van der Waals surface area contributed by atoms with Crippen LogP contribution in [0.2, 0.25) is 5.02 Å². The lowest BCUT2D eigenvalue weighted by Gasteiger charge is -2.17. The Morgan fingerprint density at radius 2 is 1.93 bits per heavy atom. The topological polar surface area (TPSA) is 120 Å². The first-order valence-electron chi connectivity index (χ1n) is 8.60. The van der Waals surface area contributed by atoms with E-state index in [1.54, 1.807) is 0 Å². The van der Waals surface area contributed by atoms with Crippen LogP contribution in [-0.2, 0) is 4.74 Å². The number of amides is 1. The molecule has 0 saturated carbocycles. The van der Waals surface area contributed by atoms with E-state index >= 15 is 0 Å². The molecule has 0 aliphatic rings. The Labute approximate surface area is 172 Å². The Bertz CT molecular complexity index is 870. The van der Waals surface area contributed by atoms with E-state index in [2.05, 4.69) is 5.32 Å². The molecule has 10 heteroatoms. The van der Waals surface area contributed by atoms with Gasteiger partial charge in [-0.15, -0.1) is 0 Å². The Hall–Kier alpha value is -2.88. The molecule has 9 nitrogen and oxygen atoms in total. The van der Waals surface area contributed by atoms with Gasteiger partial charge in [-0.3, -0.25) is 14.9 Å². The second kappa shape index (κ2) is 10.6. The highest BCUT2D eigenvalue weighted by molar-refractivity contribution is 6.30. The third kappa shape index (κ3) is 6.05. The zero-order valence-electron chi connectivity index (χ0n) is 15.9. The van der Waals surface area contributed by atoms with Gasteiger partial charge in [0.15, 0.2) is 11.5 Å². The third-order valence-corrected chi connectivity index (χ3v) is 4.18. The SMILES string of the molecule is COCC(CCO)NC(=O)c1ccc(Oc2ccc(Cl)cc2[N+](=O)[O-])c(OC)c1. The summed E-state index contributed by atoms with van der Waals surface area (Å²) in [6, 6.07) is 8.11. The van der Waals surface area contributed by atoms with Gasteiger partial charge in [0.2, 0.25) is 5.75 Å². The van der Waals surface area contributed by atoms with Crippen LogP contribution in [0.4, 0.5) is 5.69 Å². The zero-order chi connectivity index (χ0) is 21.4. The van der Waals surface area contributed by atoms with Crippen LogP contribution < -0.4 is 14.8 Å². The van der Waals surface area contributed by atoms with Gasteiger partial charge in [0, 0.05) is 30.4 Å². The van der Waals surface area contributed by atoms with Crippen LogP contribution in [0.25, 0.3) is 0 Å². The molecule has 0 aromatic heterocycles.